The third-order valence-corrected chi connectivity index (χ3v) is 4.39. The van der Waals surface area contributed by atoms with Crippen LogP contribution in [0.25, 0.3) is 0 Å². The Labute approximate surface area is 137 Å². The molecule has 3 nitrogen and oxygen atoms in total. The zero-order valence-corrected chi connectivity index (χ0v) is 13.5. The van der Waals surface area contributed by atoms with Gasteiger partial charge in [0.05, 0.1) is 6.04 Å². The SMILES string of the molecule is CC(NC(=O)COc1cccc2c1CCCC2)c1ccccc1. The molecule has 2 aromatic rings. The minimum absolute atomic E-state index is 0.0167. The van der Waals surface area contributed by atoms with E-state index < -0.39 is 0 Å². The molecule has 0 heterocycles. The summed E-state index contributed by atoms with van der Waals surface area (Å²) in [6, 6.07) is 16.1. The number of carbonyl (C=O) groups excluding carboxylic acids is 1. The number of aryl methyl sites for hydroxylation is 1. The van der Waals surface area contributed by atoms with Gasteiger partial charge in [0, 0.05) is 0 Å². The van der Waals surface area contributed by atoms with Crippen molar-refractivity contribution in [3.63, 3.8) is 0 Å². The van der Waals surface area contributed by atoms with Gasteiger partial charge in [-0.25, -0.2) is 0 Å². The molecule has 3 rings (SSSR count). The number of fused-ring (bicyclic) bond motifs is 1. The van der Waals surface area contributed by atoms with Crippen molar-refractivity contribution in [1.29, 1.82) is 0 Å². The smallest absolute Gasteiger partial charge is 0.258 e. The fourth-order valence-corrected chi connectivity index (χ4v) is 3.13. The van der Waals surface area contributed by atoms with Crippen LogP contribution in [0.5, 0.6) is 5.75 Å². The molecule has 23 heavy (non-hydrogen) atoms. The number of benzene rings is 2. The van der Waals surface area contributed by atoms with Crippen LogP contribution in [-0.2, 0) is 17.6 Å². The van der Waals surface area contributed by atoms with Crippen molar-refractivity contribution in [1.82, 2.24) is 5.32 Å². The minimum atomic E-state index is -0.0882. The number of rotatable bonds is 5. The Hall–Kier alpha value is -2.29. The lowest BCUT2D eigenvalue weighted by Gasteiger charge is -2.20. The number of amides is 1. The number of nitrogens with one attached hydrogen (secondary N) is 1. The lowest BCUT2D eigenvalue weighted by molar-refractivity contribution is -0.123. The van der Waals surface area contributed by atoms with Crippen LogP contribution in [-0.4, -0.2) is 12.5 Å². The quantitative estimate of drug-likeness (QED) is 0.912. The topological polar surface area (TPSA) is 38.3 Å². The second kappa shape index (κ2) is 7.32. The first-order valence-electron chi connectivity index (χ1n) is 8.32. The van der Waals surface area contributed by atoms with E-state index in [2.05, 4.69) is 11.4 Å². The predicted molar refractivity (Wildman–Crippen MR) is 91.6 cm³/mol. The molecule has 0 aromatic heterocycles. The average Bonchev–Trinajstić information content (AvgIpc) is 2.60. The highest BCUT2D eigenvalue weighted by Crippen LogP contribution is 2.29. The molecule has 1 atom stereocenters. The van der Waals surface area contributed by atoms with E-state index in [9.17, 15) is 4.79 Å². The van der Waals surface area contributed by atoms with Gasteiger partial charge in [0.1, 0.15) is 5.75 Å². The maximum absolute atomic E-state index is 12.1. The van der Waals surface area contributed by atoms with E-state index in [1.54, 1.807) is 0 Å². The van der Waals surface area contributed by atoms with Gasteiger partial charge >= 0.3 is 0 Å². The normalized spacial score (nSPS) is 14.7. The molecule has 0 aliphatic heterocycles. The highest BCUT2D eigenvalue weighted by molar-refractivity contribution is 5.78. The Balaban J connectivity index is 1.57. The molecule has 1 aliphatic carbocycles. The van der Waals surface area contributed by atoms with Crippen LogP contribution in [0.4, 0.5) is 0 Å². The molecule has 120 valence electrons. The zero-order chi connectivity index (χ0) is 16.1. The molecule has 0 fully saturated rings. The molecule has 2 aromatic carbocycles. The molecule has 0 bridgehead atoms. The summed E-state index contributed by atoms with van der Waals surface area (Å²) < 4.78 is 5.79. The van der Waals surface area contributed by atoms with Crippen molar-refractivity contribution in [2.24, 2.45) is 0 Å². The zero-order valence-electron chi connectivity index (χ0n) is 13.5. The first kappa shape index (κ1) is 15.6. The lowest BCUT2D eigenvalue weighted by atomic mass is 9.91. The summed E-state index contributed by atoms with van der Waals surface area (Å²) in [5, 5.41) is 2.98. The van der Waals surface area contributed by atoms with Gasteiger partial charge in [-0.2, -0.15) is 0 Å². The minimum Gasteiger partial charge on any atom is -0.483 e. The Morgan fingerprint density at radius 2 is 1.87 bits per heavy atom. The van der Waals surface area contributed by atoms with Crippen LogP contribution in [0.1, 0.15) is 42.5 Å². The van der Waals surface area contributed by atoms with Crippen LogP contribution in [0.15, 0.2) is 48.5 Å². The summed E-state index contributed by atoms with van der Waals surface area (Å²) in [6.45, 7) is 2.05. The average molecular weight is 309 g/mol. The monoisotopic (exact) mass is 309 g/mol. The Kier molecular flexibility index (Phi) is 4.96. The van der Waals surface area contributed by atoms with Crippen LogP contribution >= 0.6 is 0 Å². The Bertz CT molecular complexity index is 667. The molecule has 0 radical (unpaired) electrons. The molecule has 0 spiro atoms. The van der Waals surface area contributed by atoms with Gasteiger partial charge in [0.25, 0.3) is 5.91 Å². The van der Waals surface area contributed by atoms with E-state index in [-0.39, 0.29) is 18.6 Å². The maximum Gasteiger partial charge on any atom is 0.258 e. The van der Waals surface area contributed by atoms with Gasteiger partial charge in [-0.05, 0) is 55.4 Å². The second-order valence-electron chi connectivity index (χ2n) is 6.09. The van der Waals surface area contributed by atoms with Crippen molar-refractivity contribution in [3.05, 3.63) is 65.2 Å². The van der Waals surface area contributed by atoms with E-state index in [1.807, 2.05) is 49.4 Å². The van der Waals surface area contributed by atoms with E-state index in [0.29, 0.717) is 0 Å². The molecule has 1 aliphatic rings. The standard InChI is InChI=1S/C20H23NO2/c1-15(16-8-3-2-4-9-16)21-20(22)14-23-19-13-7-11-17-10-5-6-12-18(17)19/h2-4,7-9,11,13,15H,5-6,10,12,14H2,1H3,(H,21,22). The van der Waals surface area contributed by atoms with Gasteiger partial charge in [-0.15, -0.1) is 0 Å². The fraction of sp³-hybridized carbons (Fsp3) is 0.350. The van der Waals surface area contributed by atoms with E-state index in [1.165, 1.54) is 24.0 Å². The molecule has 1 unspecified atom stereocenters. The van der Waals surface area contributed by atoms with Gasteiger partial charge in [0.15, 0.2) is 6.61 Å². The molecule has 0 saturated carbocycles. The summed E-state index contributed by atoms with van der Waals surface area (Å²) in [6.07, 6.45) is 4.60. The van der Waals surface area contributed by atoms with E-state index in [0.717, 1.165) is 24.2 Å². The van der Waals surface area contributed by atoms with Gasteiger partial charge in [-0.3, -0.25) is 4.79 Å². The van der Waals surface area contributed by atoms with Crippen molar-refractivity contribution in [2.45, 2.75) is 38.6 Å². The Morgan fingerprint density at radius 1 is 1.09 bits per heavy atom. The lowest BCUT2D eigenvalue weighted by Crippen LogP contribution is -2.31. The van der Waals surface area contributed by atoms with E-state index in [4.69, 9.17) is 4.74 Å². The third kappa shape index (κ3) is 3.92. The summed E-state index contributed by atoms with van der Waals surface area (Å²) >= 11 is 0. The second-order valence-corrected chi connectivity index (χ2v) is 6.09. The largest absolute Gasteiger partial charge is 0.483 e. The number of ether oxygens (including phenoxy) is 1. The van der Waals surface area contributed by atoms with Gasteiger partial charge in [-0.1, -0.05) is 42.5 Å². The van der Waals surface area contributed by atoms with Gasteiger partial charge in [0.2, 0.25) is 0 Å². The van der Waals surface area contributed by atoms with Crippen LogP contribution in [0.2, 0.25) is 0 Å². The number of carbonyl (C=O) groups is 1. The molecule has 3 heteroatoms. The van der Waals surface area contributed by atoms with E-state index >= 15 is 0 Å². The third-order valence-electron chi connectivity index (χ3n) is 4.39. The Morgan fingerprint density at radius 3 is 2.70 bits per heavy atom. The van der Waals surface area contributed by atoms with Crippen LogP contribution in [0.3, 0.4) is 0 Å². The summed E-state index contributed by atoms with van der Waals surface area (Å²) in [5.41, 5.74) is 3.74. The summed E-state index contributed by atoms with van der Waals surface area (Å²) in [4.78, 5) is 12.1. The number of hydrogen-bond acceptors (Lipinski definition) is 2. The maximum atomic E-state index is 12.1. The van der Waals surface area contributed by atoms with Crippen molar-refractivity contribution in [2.75, 3.05) is 6.61 Å². The van der Waals surface area contributed by atoms with Crippen LogP contribution < -0.4 is 10.1 Å². The molecular formula is C20H23NO2. The summed E-state index contributed by atoms with van der Waals surface area (Å²) in [7, 11) is 0. The number of hydrogen-bond donors (Lipinski definition) is 1. The fourth-order valence-electron chi connectivity index (χ4n) is 3.13. The predicted octanol–water partition coefficient (Wildman–Crippen LogP) is 3.82. The first-order chi connectivity index (χ1) is 11.2. The highest BCUT2D eigenvalue weighted by Gasteiger charge is 2.15. The van der Waals surface area contributed by atoms with Crippen molar-refractivity contribution in [3.8, 4) is 5.75 Å². The molecular weight excluding hydrogens is 286 g/mol. The molecule has 1 N–H and O–H groups in total. The van der Waals surface area contributed by atoms with Gasteiger partial charge < -0.3 is 10.1 Å². The molecule has 0 saturated heterocycles. The first-order valence-corrected chi connectivity index (χ1v) is 8.32. The molecule has 1 amide bonds. The van der Waals surface area contributed by atoms with Crippen LogP contribution in [0, 0.1) is 0 Å². The summed E-state index contributed by atoms with van der Waals surface area (Å²) in [5.74, 6) is 0.777. The van der Waals surface area contributed by atoms with Crippen molar-refractivity contribution < 1.29 is 9.53 Å². The highest BCUT2D eigenvalue weighted by atomic mass is 16.5. The van der Waals surface area contributed by atoms with Crippen molar-refractivity contribution >= 4 is 5.91 Å².